The van der Waals surface area contributed by atoms with Gasteiger partial charge in [-0.25, -0.2) is 9.97 Å². The molecule has 2 N–H and O–H groups in total. The minimum atomic E-state index is -0.866. The highest BCUT2D eigenvalue weighted by Gasteiger charge is 2.18. The predicted molar refractivity (Wildman–Crippen MR) is 132 cm³/mol. The number of carboxylic acid groups (broad SMARTS) is 1. The number of halogens is 1. The number of aryl methyl sites for hydroxylation is 2. The molecule has 2 heterocycles. The maximum atomic E-state index is 11.0. The Hall–Kier alpha value is -3.65. The first-order chi connectivity index (χ1) is 16.4. The Labute approximate surface area is 202 Å². The third kappa shape index (κ3) is 4.97. The van der Waals surface area contributed by atoms with Gasteiger partial charge in [0.2, 0.25) is 0 Å². The van der Waals surface area contributed by atoms with Gasteiger partial charge >= 0.3 is 5.97 Å². The highest BCUT2D eigenvalue weighted by molar-refractivity contribution is 6.32. The van der Waals surface area contributed by atoms with E-state index in [1.165, 1.54) is 0 Å². The molecule has 0 unspecified atom stereocenters. The molecule has 0 radical (unpaired) electrons. The Morgan fingerprint density at radius 3 is 2.53 bits per heavy atom. The van der Waals surface area contributed by atoms with Crippen LogP contribution in [0.1, 0.15) is 30.2 Å². The van der Waals surface area contributed by atoms with Crippen molar-refractivity contribution < 1.29 is 14.6 Å². The van der Waals surface area contributed by atoms with E-state index in [1.807, 2.05) is 42.1 Å². The molecule has 0 amide bonds. The maximum absolute atomic E-state index is 11.0. The molecule has 34 heavy (non-hydrogen) atoms. The van der Waals surface area contributed by atoms with Crippen molar-refractivity contribution in [1.82, 2.24) is 19.7 Å². The summed E-state index contributed by atoms with van der Waals surface area (Å²) in [5.41, 5.74) is 5.06. The summed E-state index contributed by atoms with van der Waals surface area (Å²) in [4.78, 5) is 20.7. The van der Waals surface area contributed by atoms with E-state index in [0.717, 1.165) is 46.3 Å². The number of methoxy groups -OCH3 is 1. The molecule has 8 nitrogen and oxygen atoms in total. The van der Waals surface area contributed by atoms with Crippen LogP contribution in [0.5, 0.6) is 5.75 Å². The quantitative estimate of drug-likeness (QED) is 0.352. The molecule has 0 aliphatic carbocycles. The molecule has 0 saturated heterocycles. The molecule has 4 rings (SSSR count). The molecule has 0 fully saturated rings. The minimum Gasteiger partial charge on any atom is -0.495 e. The lowest BCUT2D eigenvalue weighted by atomic mass is 10.1. The number of anilines is 1. The van der Waals surface area contributed by atoms with Gasteiger partial charge in [0, 0.05) is 19.2 Å². The molecule has 0 saturated carbocycles. The molecular weight excluding hydrogens is 454 g/mol. The van der Waals surface area contributed by atoms with Crippen LogP contribution < -0.4 is 10.1 Å². The molecule has 4 aromatic rings. The molecule has 176 valence electrons. The fraction of sp³-hybridized carbons (Fsp3) is 0.280. The molecule has 0 spiro atoms. The normalized spacial score (nSPS) is 11.1. The largest absolute Gasteiger partial charge is 0.495 e. The summed E-state index contributed by atoms with van der Waals surface area (Å²) in [5, 5.41) is 17.7. The van der Waals surface area contributed by atoms with E-state index in [9.17, 15) is 4.79 Å². The van der Waals surface area contributed by atoms with Crippen molar-refractivity contribution in [1.29, 1.82) is 0 Å². The zero-order chi connectivity index (χ0) is 24.2. The van der Waals surface area contributed by atoms with E-state index >= 15 is 0 Å². The van der Waals surface area contributed by atoms with Crippen LogP contribution in [0, 0.1) is 0 Å². The van der Waals surface area contributed by atoms with Crippen molar-refractivity contribution in [3.05, 3.63) is 64.3 Å². The Morgan fingerprint density at radius 1 is 1.15 bits per heavy atom. The fourth-order valence-electron chi connectivity index (χ4n) is 3.85. The summed E-state index contributed by atoms with van der Waals surface area (Å²) in [6.45, 7) is 2.61. The number of carboxylic acids is 1. The van der Waals surface area contributed by atoms with E-state index in [4.69, 9.17) is 31.4 Å². The number of ether oxygens (including phenoxy) is 1. The standard InChI is InChI=1S/C25H26ClN5O3/c1-4-5-19-22-23(31(2)30-19)25(27-14-16-8-11-20(34-3)18(26)12-16)29-24(28-22)17-9-6-15(7-10-17)13-21(32)33/h6-12H,4-5,13-14H2,1-3H3,(H,32,33)(H,27,28,29). The lowest BCUT2D eigenvalue weighted by Gasteiger charge is -2.11. The minimum absolute atomic E-state index is 0.0271. The number of aliphatic carboxylic acids is 1. The number of carbonyl (C=O) groups is 1. The molecule has 9 heteroatoms. The number of nitrogens with one attached hydrogen (secondary N) is 1. The maximum Gasteiger partial charge on any atom is 0.307 e. The Kier molecular flexibility index (Phi) is 6.98. The third-order valence-electron chi connectivity index (χ3n) is 5.48. The van der Waals surface area contributed by atoms with E-state index in [0.29, 0.717) is 29.0 Å². The predicted octanol–water partition coefficient (Wildman–Crippen LogP) is 4.88. The van der Waals surface area contributed by atoms with Crippen LogP contribution in [0.3, 0.4) is 0 Å². The fourth-order valence-corrected chi connectivity index (χ4v) is 4.13. The molecular formula is C25H26ClN5O3. The van der Waals surface area contributed by atoms with Crippen molar-refractivity contribution >= 4 is 34.4 Å². The molecule has 2 aromatic carbocycles. The molecule has 0 aliphatic rings. The summed E-state index contributed by atoms with van der Waals surface area (Å²) >= 11 is 6.29. The Morgan fingerprint density at radius 2 is 1.88 bits per heavy atom. The van der Waals surface area contributed by atoms with E-state index < -0.39 is 5.97 Å². The summed E-state index contributed by atoms with van der Waals surface area (Å²) in [7, 11) is 3.48. The van der Waals surface area contributed by atoms with Crippen LogP contribution in [0.25, 0.3) is 22.4 Å². The monoisotopic (exact) mass is 479 g/mol. The molecule has 2 aromatic heterocycles. The average Bonchev–Trinajstić information content (AvgIpc) is 3.13. The number of hydrogen-bond acceptors (Lipinski definition) is 6. The highest BCUT2D eigenvalue weighted by Crippen LogP contribution is 2.29. The van der Waals surface area contributed by atoms with Crippen molar-refractivity contribution in [2.24, 2.45) is 7.05 Å². The zero-order valence-electron chi connectivity index (χ0n) is 19.3. The number of benzene rings is 2. The van der Waals surface area contributed by atoms with Gasteiger partial charge in [0.15, 0.2) is 11.6 Å². The van der Waals surface area contributed by atoms with Gasteiger partial charge in [-0.3, -0.25) is 9.48 Å². The Balaban J connectivity index is 1.73. The molecule has 0 atom stereocenters. The van der Waals surface area contributed by atoms with Gasteiger partial charge in [-0.05, 0) is 29.7 Å². The lowest BCUT2D eigenvalue weighted by molar-refractivity contribution is -0.136. The zero-order valence-corrected chi connectivity index (χ0v) is 20.1. The van der Waals surface area contributed by atoms with E-state index in [2.05, 4.69) is 17.3 Å². The van der Waals surface area contributed by atoms with Gasteiger partial charge in [0.05, 0.1) is 24.2 Å². The summed E-state index contributed by atoms with van der Waals surface area (Å²) < 4.78 is 7.05. The molecule has 0 bridgehead atoms. The summed E-state index contributed by atoms with van der Waals surface area (Å²) in [6, 6.07) is 12.9. The first-order valence-corrected chi connectivity index (χ1v) is 11.4. The number of nitrogens with zero attached hydrogens (tertiary/aromatic N) is 4. The van der Waals surface area contributed by atoms with Crippen LogP contribution in [0.4, 0.5) is 5.82 Å². The van der Waals surface area contributed by atoms with Crippen LogP contribution in [-0.2, 0) is 31.2 Å². The summed E-state index contributed by atoms with van der Waals surface area (Å²) in [5.74, 6) is 0.975. The van der Waals surface area contributed by atoms with Crippen LogP contribution in [0.15, 0.2) is 42.5 Å². The van der Waals surface area contributed by atoms with Crippen molar-refractivity contribution in [2.75, 3.05) is 12.4 Å². The smallest absolute Gasteiger partial charge is 0.307 e. The Bertz CT molecular complexity index is 1330. The van der Waals surface area contributed by atoms with E-state index in [-0.39, 0.29) is 6.42 Å². The van der Waals surface area contributed by atoms with Gasteiger partial charge in [-0.2, -0.15) is 5.10 Å². The average molecular weight is 480 g/mol. The number of aromatic nitrogens is 4. The van der Waals surface area contributed by atoms with E-state index in [1.54, 1.807) is 19.2 Å². The first kappa shape index (κ1) is 23.5. The highest BCUT2D eigenvalue weighted by atomic mass is 35.5. The van der Waals surface area contributed by atoms with Gasteiger partial charge in [-0.15, -0.1) is 0 Å². The second kappa shape index (κ2) is 10.1. The molecule has 0 aliphatic heterocycles. The van der Waals surface area contributed by atoms with Crippen LogP contribution >= 0.6 is 11.6 Å². The van der Waals surface area contributed by atoms with Gasteiger partial charge in [0.1, 0.15) is 16.8 Å². The van der Waals surface area contributed by atoms with Crippen LogP contribution in [-0.4, -0.2) is 37.9 Å². The second-order valence-electron chi connectivity index (χ2n) is 8.00. The summed E-state index contributed by atoms with van der Waals surface area (Å²) in [6.07, 6.45) is 1.72. The van der Waals surface area contributed by atoms with Crippen molar-refractivity contribution in [3.63, 3.8) is 0 Å². The third-order valence-corrected chi connectivity index (χ3v) is 5.78. The van der Waals surface area contributed by atoms with Crippen molar-refractivity contribution in [3.8, 4) is 17.1 Å². The first-order valence-electron chi connectivity index (χ1n) is 11.0. The van der Waals surface area contributed by atoms with Gasteiger partial charge in [0.25, 0.3) is 0 Å². The lowest BCUT2D eigenvalue weighted by Crippen LogP contribution is -2.06. The number of hydrogen-bond donors (Lipinski definition) is 2. The van der Waals surface area contributed by atoms with Gasteiger partial charge in [-0.1, -0.05) is 55.3 Å². The SMILES string of the molecule is CCCc1nn(C)c2c(NCc3ccc(OC)c(Cl)c3)nc(-c3ccc(CC(=O)O)cc3)nc12. The number of rotatable bonds is 9. The number of fused-ring (bicyclic) bond motifs is 1. The topological polar surface area (TPSA) is 102 Å². The van der Waals surface area contributed by atoms with Crippen LogP contribution in [0.2, 0.25) is 5.02 Å². The van der Waals surface area contributed by atoms with Crippen molar-refractivity contribution in [2.45, 2.75) is 32.7 Å². The second-order valence-corrected chi connectivity index (χ2v) is 8.41. The van der Waals surface area contributed by atoms with Gasteiger partial charge < -0.3 is 15.2 Å².